The van der Waals surface area contributed by atoms with E-state index in [1.165, 1.54) is 42.3 Å². The van der Waals surface area contributed by atoms with Crippen molar-refractivity contribution in [2.45, 2.75) is 82.2 Å². The second-order valence-corrected chi connectivity index (χ2v) is 14.0. The Kier molecular flexibility index (Phi) is 13.6. The van der Waals surface area contributed by atoms with Crippen LogP contribution < -0.4 is 10.1 Å². The summed E-state index contributed by atoms with van der Waals surface area (Å²) in [5.41, 5.74) is 0.128. The smallest absolute Gasteiger partial charge is 0.389 e. The van der Waals surface area contributed by atoms with Crippen molar-refractivity contribution in [3.63, 3.8) is 0 Å². The molecule has 0 saturated carbocycles. The topological polar surface area (TPSA) is 125 Å². The van der Waals surface area contributed by atoms with Crippen LogP contribution in [0.3, 0.4) is 0 Å². The maximum Gasteiger partial charge on any atom is 0.389 e. The van der Waals surface area contributed by atoms with Gasteiger partial charge in [0, 0.05) is 44.8 Å². The van der Waals surface area contributed by atoms with Gasteiger partial charge in [0.15, 0.2) is 0 Å². The van der Waals surface area contributed by atoms with Crippen LogP contribution in [0, 0.1) is 11.7 Å². The highest BCUT2D eigenvalue weighted by Gasteiger charge is 2.33. The maximum absolute atomic E-state index is 14.2. The largest absolute Gasteiger partial charge is 0.490 e. The molecule has 1 aliphatic heterocycles. The lowest BCUT2D eigenvalue weighted by atomic mass is 10.0. The number of aliphatic hydroxyl groups is 1. The lowest BCUT2D eigenvalue weighted by Gasteiger charge is -2.35. The second kappa shape index (κ2) is 16.7. The van der Waals surface area contributed by atoms with E-state index in [1.807, 2.05) is 6.92 Å². The molecule has 0 unspecified atom stereocenters. The van der Waals surface area contributed by atoms with Gasteiger partial charge in [-0.15, -0.1) is 0 Å². The minimum absolute atomic E-state index is 0.0207. The Labute approximate surface area is 273 Å². The van der Waals surface area contributed by atoms with Gasteiger partial charge in [-0.1, -0.05) is 6.92 Å². The van der Waals surface area contributed by atoms with Gasteiger partial charge in [0.2, 0.25) is 15.9 Å². The normalized spacial score (nSPS) is 21.0. The quantitative estimate of drug-likeness (QED) is 0.346. The number of anilines is 1. The highest BCUT2D eigenvalue weighted by Crippen LogP contribution is 2.29. The first-order valence-electron chi connectivity index (χ1n) is 15.4. The van der Waals surface area contributed by atoms with Crippen LogP contribution in [0.1, 0.15) is 63.2 Å². The predicted octanol–water partition coefficient (Wildman–Crippen LogP) is 5.22. The molecule has 2 N–H and O–H groups in total. The lowest BCUT2D eigenvalue weighted by Crippen LogP contribution is -2.48. The monoisotopic (exact) mass is 689 g/mol. The van der Waals surface area contributed by atoms with Crippen molar-refractivity contribution >= 4 is 27.5 Å². The summed E-state index contributed by atoms with van der Waals surface area (Å²) >= 11 is 0. The fourth-order valence-electron chi connectivity index (χ4n) is 5.08. The van der Waals surface area contributed by atoms with Crippen LogP contribution in [-0.4, -0.2) is 92.3 Å². The highest BCUT2D eigenvalue weighted by molar-refractivity contribution is 7.89. The molecule has 0 saturated heterocycles. The predicted molar refractivity (Wildman–Crippen MR) is 167 cm³/mol. The molecule has 4 atom stereocenters. The number of likely N-dealkylation sites (N-methyl/N-ethyl adjacent to an activating group) is 1. The van der Waals surface area contributed by atoms with Crippen molar-refractivity contribution in [3.8, 4) is 5.75 Å². The number of hydrogen-bond acceptors (Lipinski definition) is 7. The third-order valence-corrected chi connectivity index (χ3v) is 9.77. The number of benzene rings is 2. The summed E-state index contributed by atoms with van der Waals surface area (Å²) < 4.78 is 91.4. The summed E-state index contributed by atoms with van der Waals surface area (Å²) in [4.78, 5) is 27.7. The molecule has 47 heavy (non-hydrogen) atoms. The van der Waals surface area contributed by atoms with Crippen molar-refractivity contribution < 1.29 is 50.1 Å². The van der Waals surface area contributed by atoms with Gasteiger partial charge in [-0.05, 0) is 75.6 Å². The molecule has 1 heterocycles. The van der Waals surface area contributed by atoms with E-state index >= 15 is 0 Å². The van der Waals surface area contributed by atoms with Gasteiger partial charge in [0.25, 0.3) is 5.91 Å². The van der Waals surface area contributed by atoms with E-state index in [4.69, 9.17) is 9.47 Å². The van der Waals surface area contributed by atoms with Gasteiger partial charge in [-0.25, -0.2) is 12.8 Å². The third-order valence-electron chi connectivity index (χ3n) is 7.93. The average Bonchev–Trinajstić information content (AvgIpc) is 3.01. The molecule has 3 rings (SSSR count). The zero-order valence-electron chi connectivity index (χ0n) is 26.9. The van der Waals surface area contributed by atoms with Gasteiger partial charge >= 0.3 is 6.18 Å². The molecule has 0 aromatic heterocycles. The molecule has 15 heteroatoms. The van der Waals surface area contributed by atoms with Crippen LogP contribution >= 0.6 is 0 Å². The minimum atomic E-state index is -4.51. The van der Waals surface area contributed by atoms with Crippen LogP contribution in [0.2, 0.25) is 0 Å². The Hall–Kier alpha value is -3.27. The van der Waals surface area contributed by atoms with Crippen molar-refractivity contribution in [1.82, 2.24) is 9.21 Å². The SMILES string of the molecule is C[C@@H]1CN([C@H](C)CO)C(=O)c2cc(NC(=O)CCC(F)(F)F)ccc2O[C@@H](C)CCCCO[C@H]1CN(C)S(=O)(=O)c1ccc(F)cc1. The summed E-state index contributed by atoms with van der Waals surface area (Å²) in [5, 5.41) is 12.5. The van der Waals surface area contributed by atoms with Crippen molar-refractivity contribution in [2.75, 3.05) is 38.7 Å². The number of ether oxygens (including phenoxy) is 2. The van der Waals surface area contributed by atoms with E-state index in [-0.39, 0.29) is 41.1 Å². The molecule has 1 aliphatic rings. The van der Waals surface area contributed by atoms with Crippen LogP contribution in [0.5, 0.6) is 5.75 Å². The van der Waals surface area contributed by atoms with E-state index in [2.05, 4.69) is 5.32 Å². The maximum atomic E-state index is 14.2. The number of rotatable bonds is 9. The number of aliphatic hydroxyl groups excluding tert-OH is 1. The van der Waals surface area contributed by atoms with E-state index in [0.29, 0.717) is 25.9 Å². The number of fused-ring (bicyclic) bond motifs is 1. The molecule has 0 bridgehead atoms. The van der Waals surface area contributed by atoms with Crippen molar-refractivity contribution in [2.24, 2.45) is 5.92 Å². The highest BCUT2D eigenvalue weighted by atomic mass is 32.2. The van der Waals surface area contributed by atoms with E-state index < -0.39 is 71.3 Å². The number of nitrogens with one attached hydrogen (secondary N) is 1. The van der Waals surface area contributed by atoms with Crippen LogP contribution in [-0.2, 0) is 19.6 Å². The zero-order valence-corrected chi connectivity index (χ0v) is 27.7. The Morgan fingerprint density at radius 3 is 2.47 bits per heavy atom. The molecular formula is C32H43F4N3O7S. The Morgan fingerprint density at radius 2 is 1.83 bits per heavy atom. The zero-order chi connectivity index (χ0) is 34.9. The first kappa shape index (κ1) is 38.2. The van der Waals surface area contributed by atoms with Crippen molar-refractivity contribution in [1.29, 1.82) is 0 Å². The summed E-state index contributed by atoms with van der Waals surface area (Å²) in [6.07, 6.45) is -5.72. The molecule has 2 aromatic carbocycles. The number of sulfonamides is 1. The number of carbonyl (C=O) groups excluding carboxylic acids is 2. The first-order valence-corrected chi connectivity index (χ1v) is 16.9. The summed E-state index contributed by atoms with van der Waals surface area (Å²) in [6, 6.07) is 8.01. The lowest BCUT2D eigenvalue weighted by molar-refractivity contribution is -0.142. The standard InChI is InChI=1S/C32H43F4N3O7S/c1-21-18-39(22(2)20-40)31(42)27-17-25(37-30(41)14-15-32(34,35)36)10-13-28(27)46-23(3)7-5-6-16-45-29(21)19-38(4)47(43,44)26-11-8-24(33)9-12-26/h8-13,17,21-23,29,40H,5-7,14-16,18-20H2,1-4H3,(H,37,41)/t21-,22-,23+,29+/m1/s1. The Bertz CT molecular complexity index is 1460. The fourth-order valence-corrected chi connectivity index (χ4v) is 6.26. The molecular weight excluding hydrogens is 646 g/mol. The van der Waals surface area contributed by atoms with E-state index in [1.54, 1.807) is 13.8 Å². The molecule has 262 valence electrons. The Morgan fingerprint density at radius 1 is 1.15 bits per heavy atom. The first-order chi connectivity index (χ1) is 22.0. The Balaban J connectivity index is 1.94. The molecule has 0 fully saturated rings. The number of carbonyl (C=O) groups is 2. The molecule has 0 spiro atoms. The molecule has 2 aromatic rings. The number of hydrogen-bond donors (Lipinski definition) is 2. The molecule has 2 amide bonds. The van der Waals surface area contributed by atoms with Crippen LogP contribution in [0.25, 0.3) is 0 Å². The van der Waals surface area contributed by atoms with Gasteiger partial charge in [0.05, 0.1) is 41.7 Å². The fraction of sp³-hybridized carbons (Fsp3) is 0.562. The molecule has 0 aliphatic carbocycles. The molecule has 10 nitrogen and oxygen atoms in total. The average molecular weight is 690 g/mol. The van der Waals surface area contributed by atoms with E-state index in [9.17, 15) is 40.7 Å². The summed E-state index contributed by atoms with van der Waals surface area (Å²) in [6.45, 7) is 5.07. The van der Waals surface area contributed by atoms with E-state index in [0.717, 1.165) is 16.4 Å². The van der Waals surface area contributed by atoms with Crippen molar-refractivity contribution in [3.05, 3.63) is 53.8 Å². The van der Waals surface area contributed by atoms with Gasteiger partial charge < -0.3 is 24.8 Å². The second-order valence-electron chi connectivity index (χ2n) is 11.9. The number of alkyl halides is 3. The number of amides is 2. The van der Waals surface area contributed by atoms with Crippen LogP contribution in [0.15, 0.2) is 47.4 Å². The van der Waals surface area contributed by atoms with Gasteiger partial charge in [-0.3, -0.25) is 9.59 Å². The summed E-state index contributed by atoms with van der Waals surface area (Å²) in [5.74, 6) is -2.28. The third kappa shape index (κ3) is 11.2. The summed E-state index contributed by atoms with van der Waals surface area (Å²) in [7, 11) is -2.62. The minimum Gasteiger partial charge on any atom is -0.490 e. The van der Waals surface area contributed by atoms with Crippen LogP contribution in [0.4, 0.5) is 23.2 Å². The van der Waals surface area contributed by atoms with Gasteiger partial charge in [0.1, 0.15) is 11.6 Å². The number of nitrogens with zero attached hydrogens (tertiary/aromatic N) is 2. The van der Waals surface area contributed by atoms with Gasteiger partial charge in [-0.2, -0.15) is 17.5 Å². The number of halogens is 4. The molecule has 0 radical (unpaired) electrons.